The zero-order chi connectivity index (χ0) is 24.3. The predicted octanol–water partition coefficient (Wildman–Crippen LogP) is 6.29. The molecule has 0 aliphatic carbocycles. The molecular weight excluding hydrogens is 452 g/mol. The van der Waals surface area contributed by atoms with Crippen molar-refractivity contribution in [3.63, 3.8) is 0 Å². The average Bonchev–Trinajstić information content (AvgIpc) is 2.90. The Morgan fingerprint density at radius 3 is 1.94 bits per heavy atom. The highest BCUT2D eigenvalue weighted by Crippen LogP contribution is 2.37. The van der Waals surface area contributed by atoms with E-state index >= 15 is 0 Å². The van der Waals surface area contributed by atoms with Crippen molar-refractivity contribution < 1.29 is 8.42 Å². The maximum Gasteiger partial charge on any atom is 0.264 e. The van der Waals surface area contributed by atoms with E-state index < -0.39 is 10.0 Å². The zero-order valence-corrected chi connectivity index (χ0v) is 20.5. The lowest BCUT2D eigenvalue weighted by molar-refractivity contribution is 0.391. The summed E-state index contributed by atoms with van der Waals surface area (Å²) in [6.45, 7) is 2.73. The zero-order valence-electron chi connectivity index (χ0n) is 19.7. The van der Waals surface area contributed by atoms with Crippen LogP contribution in [-0.2, 0) is 10.0 Å². The minimum atomic E-state index is -3.76. The van der Waals surface area contributed by atoms with E-state index in [4.69, 9.17) is 0 Å². The lowest BCUT2D eigenvalue weighted by Gasteiger charge is -2.44. The summed E-state index contributed by atoms with van der Waals surface area (Å²) in [6, 6.07) is 37.2. The third-order valence-corrected chi connectivity index (χ3v) is 8.21. The Morgan fingerprint density at radius 2 is 1.31 bits per heavy atom. The molecule has 176 valence electrons. The maximum absolute atomic E-state index is 14.0. The van der Waals surface area contributed by atoms with Crippen LogP contribution in [0, 0.1) is 6.92 Å². The van der Waals surface area contributed by atoms with Crippen LogP contribution in [0.1, 0.15) is 22.7 Å². The fourth-order valence-corrected chi connectivity index (χ4v) is 6.03. The topological polar surface area (TPSA) is 40.6 Å². The molecule has 4 aromatic carbocycles. The van der Waals surface area contributed by atoms with Crippen LogP contribution in [0.4, 0.5) is 5.69 Å². The van der Waals surface area contributed by atoms with Crippen molar-refractivity contribution in [3.05, 3.63) is 138 Å². The van der Waals surface area contributed by atoms with Gasteiger partial charge in [0.05, 0.1) is 24.0 Å². The Hall–Kier alpha value is -3.83. The quantitative estimate of drug-likeness (QED) is 0.337. The largest absolute Gasteiger partial charge is 0.357 e. The molecule has 1 aliphatic heterocycles. The first-order valence-corrected chi connectivity index (χ1v) is 13.2. The minimum Gasteiger partial charge on any atom is -0.357 e. The molecule has 0 spiro atoms. The van der Waals surface area contributed by atoms with E-state index in [-0.39, 0.29) is 6.04 Å². The van der Waals surface area contributed by atoms with Gasteiger partial charge in [-0.05, 0) is 48.4 Å². The fourth-order valence-electron chi connectivity index (χ4n) is 4.54. The molecule has 35 heavy (non-hydrogen) atoms. The smallest absolute Gasteiger partial charge is 0.264 e. The first kappa shape index (κ1) is 22.9. The lowest BCUT2D eigenvalue weighted by atomic mass is 10.0. The van der Waals surface area contributed by atoms with E-state index in [0.717, 1.165) is 28.1 Å². The van der Waals surface area contributed by atoms with Crippen LogP contribution in [-0.4, -0.2) is 25.8 Å². The van der Waals surface area contributed by atoms with Gasteiger partial charge in [-0.15, -0.1) is 0 Å². The number of sulfonamides is 1. The molecule has 4 aromatic rings. The molecule has 1 saturated heterocycles. The molecular formula is C30H28N2O2S. The van der Waals surface area contributed by atoms with E-state index in [1.54, 1.807) is 16.4 Å². The summed E-state index contributed by atoms with van der Waals surface area (Å²) in [5, 5.41) is 0. The molecule has 0 radical (unpaired) electrons. The molecule has 0 aromatic heterocycles. The van der Waals surface area contributed by atoms with Gasteiger partial charge in [-0.2, -0.15) is 0 Å². The number of anilines is 1. The molecule has 0 N–H and O–H groups in total. The summed E-state index contributed by atoms with van der Waals surface area (Å²) in [5.74, 6) is 0. The van der Waals surface area contributed by atoms with Crippen molar-refractivity contribution in [2.24, 2.45) is 0 Å². The summed E-state index contributed by atoms with van der Waals surface area (Å²) >= 11 is 0. The number of hydrogen-bond donors (Lipinski definition) is 0. The van der Waals surface area contributed by atoms with E-state index in [9.17, 15) is 8.42 Å². The highest BCUT2D eigenvalue weighted by Gasteiger charge is 2.37. The number of piperazine rings is 1. The van der Waals surface area contributed by atoms with Crippen molar-refractivity contribution in [2.45, 2.75) is 17.9 Å². The second kappa shape index (κ2) is 9.80. The monoisotopic (exact) mass is 480 g/mol. The normalized spacial score (nSPS) is 17.5. The van der Waals surface area contributed by atoms with E-state index in [0.29, 0.717) is 18.0 Å². The molecule has 0 amide bonds. The second-order valence-corrected chi connectivity index (χ2v) is 10.6. The third kappa shape index (κ3) is 4.86. The highest BCUT2D eigenvalue weighted by atomic mass is 32.2. The molecule has 5 rings (SSSR count). The molecule has 0 saturated carbocycles. The Bertz CT molecular complexity index is 1400. The number of benzene rings is 4. The van der Waals surface area contributed by atoms with Gasteiger partial charge in [0.2, 0.25) is 0 Å². The van der Waals surface area contributed by atoms with E-state index in [2.05, 4.69) is 29.2 Å². The Kier molecular flexibility index (Phi) is 6.43. The summed E-state index contributed by atoms with van der Waals surface area (Å²) < 4.78 is 29.6. The molecule has 1 fully saturated rings. The number of nitrogens with zero attached hydrogens (tertiary/aromatic N) is 2. The van der Waals surface area contributed by atoms with Crippen LogP contribution in [0.3, 0.4) is 0 Å². The number of hydrogen-bond acceptors (Lipinski definition) is 3. The maximum atomic E-state index is 14.0. The van der Waals surface area contributed by atoms with Crippen molar-refractivity contribution >= 4 is 21.8 Å². The molecule has 1 heterocycles. The van der Waals surface area contributed by atoms with Crippen LogP contribution < -0.4 is 4.90 Å². The van der Waals surface area contributed by atoms with Gasteiger partial charge in [0, 0.05) is 11.4 Å². The Balaban J connectivity index is 1.65. The summed E-state index contributed by atoms with van der Waals surface area (Å²) in [6.07, 6.45) is 1.99. The van der Waals surface area contributed by atoms with Crippen molar-refractivity contribution in [3.8, 4) is 0 Å². The van der Waals surface area contributed by atoms with Crippen LogP contribution >= 0.6 is 0 Å². The third-order valence-electron chi connectivity index (χ3n) is 6.38. The first-order valence-electron chi connectivity index (χ1n) is 11.7. The molecule has 1 unspecified atom stereocenters. The molecule has 0 bridgehead atoms. The van der Waals surface area contributed by atoms with Crippen molar-refractivity contribution in [2.75, 3.05) is 18.0 Å². The Labute approximate surface area is 207 Å². The number of para-hydroxylation sites is 1. The van der Waals surface area contributed by atoms with Gasteiger partial charge in [-0.3, -0.25) is 4.31 Å². The fraction of sp³-hybridized carbons (Fsp3) is 0.133. The number of rotatable bonds is 5. The van der Waals surface area contributed by atoms with Crippen LogP contribution in [0.15, 0.2) is 126 Å². The standard InChI is InChI=1S/C30H28N2O2S/c1-24-17-19-29(20-18-24)35(33,34)32-23-30(26-13-7-3-8-14-26)31(27-15-9-4-10-16-27)22-28(32)21-25-11-5-2-6-12-25/h2-21,30H,22-23H2,1H3/b28-21-. The van der Waals surface area contributed by atoms with Gasteiger partial charge in [0.15, 0.2) is 0 Å². The molecule has 4 nitrogen and oxygen atoms in total. The Morgan fingerprint density at radius 1 is 0.743 bits per heavy atom. The van der Waals surface area contributed by atoms with Gasteiger partial charge in [0.25, 0.3) is 10.0 Å². The summed E-state index contributed by atoms with van der Waals surface area (Å²) in [7, 11) is -3.76. The summed E-state index contributed by atoms with van der Waals surface area (Å²) in [5.41, 5.74) is 4.89. The number of aryl methyl sites for hydroxylation is 1. The van der Waals surface area contributed by atoms with Gasteiger partial charge in [0.1, 0.15) is 0 Å². The van der Waals surface area contributed by atoms with Crippen LogP contribution in [0.5, 0.6) is 0 Å². The van der Waals surface area contributed by atoms with Gasteiger partial charge in [-0.1, -0.05) is 96.6 Å². The van der Waals surface area contributed by atoms with Gasteiger partial charge in [-0.25, -0.2) is 8.42 Å². The van der Waals surface area contributed by atoms with E-state index in [1.807, 2.05) is 91.9 Å². The van der Waals surface area contributed by atoms with Gasteiger partial charge >= 0.3 is 0 Å². The van der Waals surface area contributed by atoms with Crippen molar-refractivity contribution in [1.29, 1.82) is 0 Å². The minimum absolute atomic E-state index is 0.133. The SMILES string of the molecule is Cc1ccc(S(=O)(=O)N2CC(c3ccccc3)N(c3ccccc3)C/C2=C/c2ccccc2)cc1. The molecule has 1 atom stereocenters. The predicted molar refractivity (Wildman–Crippen MR) is 142 cm³/mol. The van der Waals surface area contributed by atoms with E-state index in [1.165, 1.54) is 0 Å². The average molecular weight is 481 g/mol. The van der Waals surface area contributed by atoms with Gasteiger partial charge < -0.3 is 4.90 Å². The lowest BCUT2D eigenvalue weighted by Crippen LogP contribution is -2.49. The van der Waals surface area contributed by atoms with Crippen LogP contribution in [0.2, 0.25) is 0 Å². The van der Waals surface area contributed by atoms with Crippen molar-refractivity contribution in [1.82, 2.24) is 4.31 Å². The molecule has 5 heteroatoms. The second-order valence-electron chi connectivity index (χ2n) is 8.79. The highest BCUT2D eigenvalue weighted by molar-refractivity contribution is 7.89. The molecule has 1 aliphatic rings. The van der Waals surface area contributed by atoms with Crippen LogP contribution in [0.25, 0.3) is 6.08 Å². The summed E-state index contributed by atoms with van der Waals surface area (Å²) in [4.78, 5) is 2.60. The first-order chi connectivity index (χ1) is 17.0.